The lowest BCUT2D eigenvalue weighted by Crippen LogP contribution is -2.13. The average Bonchev–Trinajstić information content (AvgIpc) is 2.28. The largest absolute Gasteiger partial charge is 0.459 e. The third-order valence-electron chi connectivity index (χ3n) is 2.20. The maximum Gasteiger partial charge on any atom is 0.338 e. The van der Waals surface area contributed by atoms with Crippen molar-refractivity contribution < 1.29 is 14.5 Å². The van der Waals surface area contributed by atoms with Crippen molar-refractivity contribution in [3.05, 3.63) is 39.9 Å². The molecular formula is C11H13NO4. The van der Waals surface area contributed by atoms with E-state index < -0.39 is 10.9 Å². The third-order valence-corrected chi connectivity index (χ3v) is 2.20. The summed E-state index contributed by atoms with van der Waals surface area (Å²) in [5, 5.41) is 10.4. The average molecular weight is 223 g/mol. The highest BCUT2D eigenvalue weighted by molar-refractivity contribution is 5.89. The molecule has 0 saturated heterocycles. The van der Waals surface area contributed by atoms with Gasteiger partial charge in [-0.05, 0) is 25.5 Å². The standard InChI is InChI=1S/C11H13NO4/c1-3-8(2)16-11(13)9-4-6-10(7-5-9)12(14)15/h4-8H,3H2,1-2H3/t8-/m1/s1. The minimum Gasteiger partial charge on any atom is -0.459 e. The van der Waals surface area contributed by atoms with Crippen molar-refractivity contribution in [2.24, 2.45) is 0 Å². The Morgan fingerprint density at radius 1 is 1.44 bits per heavy atom. The Labute approximate surface area is 93.2 Å². The second-order valence-corrected chi connectivity index (χ2v) is 3.43. The number of carbonyl (C=O) groups is 1. The molecule has 1 aromatic carbocycles. The summed E-state index contributed by atoms with van der Waals surface area (Å²) in [6, 6.07) is 5.35. The molecule has 0 fully saturated rings. The summed E-state index contributed by atoms with van der Waals surface area (Å²) in [5.41, 5.74) is 0.283. The first-order valence-corrected chi connectivity index (χ1v) is 5.00. The summed E-state index contributed by atoms with van der Waals surface area (Å²) < 4.78 is 5.08. The molecule has 0 radical (unpaired) electrons. The lowest BCUT2D eigenvalue weighted by molar-refractivity contribution is -0.384. The molecule has 0 saturated carbocycles. The molecule has 0 N–H and O–H groups in total. The van der Waals surface area contributed by atoms with Gasteiger partial charge in [-0.2, -0.15) is 0 Å². The summed E-state index contributed by atoms with van der Waals surface area (Å²) in [5.74, 6) is -0.454. The molecule has 5 heteroatoms. The molecule has 5 nitrogen and oxygen atoms in total. The fraction of sp³-hybridized carbons (Fsp3) is 0.364. The number of ether oxygens (including phenoxy) is 1. The number of nitro groups is 1. The van der Waals surface area contributed by atoms with E-state index in [1.807, 2.05) is 6.92 Å². The Bertz CT molecular complexity index is 385. The van der Waals surface area contributed by atoms with E-state index >= 15 is 0 Å². The Hall–Kier alpha value is -1.91. The zero-order chi connectivity index (χ0) is 12.1. The molecule has 0 aliphatic heterocycles. The highest BCUT2D eigenvalue weighted by Gasteiger charge is 2.12. The predicted molar refractivity (Wildman–Crippen MR) is 58.3 cm³/mol. The fourth-order valence-corrected chi connectivity index (χ4v) is 1.05. The number of hydrogen-bond donors (Lipinski definition) is 0. The van der Waals surface area contributed by atoms with E-state index in [1.165, 1.54) is 24.3 Å². The topological polar surface area (TPSA) is 69.4 Å². The zero-order valence-electron chi connectivity index (χ0n) is 9.17. The zero-order valence-corrected chi connectivity index (χ0v) is 9.17. The van der Waals surface area contributed by atoms with Crippen molar-refractivity contribution in [1.82, 2.24) is 0 Å². The Morgan fingerprint density at radius 3 is 2.44 bits per heavy atom. The number of carbonyl (C=O) groups excluding carboxylic acids is 1. The van der Waals surface area contributed by atoms with E-state index in [1.54, 1.807) is 6.92 Å². The van der Waals surface area contributed by atoms with E-state index in [-0.39, 0.29) is 11.8 Å². The lowest BCUT2D eigenvalue weighted by Gasteiger charge is -2.10. The quantitative estimate of drug-likeness (QED) is 0.447. The van der Waals surface area contributed by atoms with Gasteiger partial charge in [0.05, 0.1) is 16.6 Å². The van der Waals surface area contributed by atoms with Crippen LogP contribution in [0.3, 0.4) is 0 Å². The summed E-state index contributed by atoms with van der Waals surface area (Å²) in [4.78, 5) is 21.4. The normalized spacial score (nSPS) is 11.9. The van der Waals surface area contributed by atoms with Gasteiger partial charge in [-0.1, -0.05) is 6.92 Å². The molecule has 1 atom stereocenters. The van der Waals surface area contributed by atoms with Crippen molar-refractivity contribution in [2.45, 2.75) is 26.4 Å². The van der Waals surface area contributed by atoms with E-state index in [2.05, 4.69) is 0 Å². The van der Waals surface area contributed by atoms with Crippen LogP contribution in [0.1, 0.15) is 30.6 Å². The van der Waals surface area contributed by atoms with E-state index in [4.69, 9.17) is 4.74 Å². The SMILES string of the molecule is CC[C@@H](C)OC(=O)c1ccc([N+](=O)[O-])cc1. The molecule has 0 unspecified atom stereocenters. The molecule has 86 valence electrons. The van der Waals surface area contributed by atoms with E-state index in [0.29, 0.717) is 5.56 Å². The Balaban J connectivity index is 2.74. The van der Waals surface area contributed by atoms with Gasteiger partial charge in [0.2, 0.25) is 0 Å². The molecule has 0 spiro atoms. The number of hydrogen-bond acceptors (Lipinski definition) is 4. The van der Waals surface area contributed by atoms with Gasteiger partial charge in [0.15, 0.2) is 0 Å². The molecule has 16 heavy (non-hydrogen) atoms. The third kappa shape index (κ3) is 3.05. The molecule has 0 aromatic heterocycles. The van der Waals surface area contributed by atoms with Crippen molar-refractivity contribution in [3.63, 3.8) is 0 Å². The number of nitrogens with zero attached hydrogens (tertiary/aromatic N) is 1. The second-order valence-electron chi connectivity index (χ2n) is 3.43. The number of esters is 1. The number of nitro benzene ring substituents is 1. The maximum absolute atomic E-state index is 11.5. The molecular weight excluding hydrogens is 210 g/mol. The number of rotatable bonds is 4. The van der Waals surface area contributed by atoms with Gasteiger partial charge in [-0.3, -0.25) is 10.1 Å². The Kier molecular flexibility index (Phi) is 3.99. The first-order valence-electron chi connectivity index (χ1n) is 5.00. The van der Waals surface area contributed by atoms with Crippen LogP contribution in [0.25, 0.3) is 0 Å². The van der Waals surface area contributed by atoms with Gasteiger partial charge in [0.25, 0.3) is 5.69 Å². The van der Waals surface area contributed by atoms with Crippen LogP contribution in [0.5, 0.6) is 0 Å². The van der Waals surface area contributed by atoms with Gasteiger partial charge in [-0.25, -0.2) is 4.79 Å². The second kappa shape index (κ2) is 5.25. The van der Waals surface area contributed by atoms with E-state index in [0.717, 1.165) is 6.42 Å². The van der Waals surface area contributed by atoms with Gasteiger partial charge in [0.1, 0.15) is 0 Å². The van der Waals surface area contributed by atoms with Gasteiger partial charge in [-0.15, -0.1) is 0 Å². The van der Waals surface area contributed by atoms with Crippen LogP contribution >= 0.6 is 0 Å². The fourth-order valence-electron chi connectivity index (χ4n) is 1.05. The van der Waals surface area contributed by atoms with Gasteiger partial charge in [0, 0.05) is 12.1 Å². The van der Waals surface area contributed by atoms with Crippen LogP contribution in [0.4, 0.5) is 5.69 Å². The summed E-state index contributed by atoms with van der Waals surface area (Å²) in [7, 11) is 0. The van der Waals surface area contributed by atoms with Crippen LogP contribution in [-0.2, 0) is 4.74 Å². The van der Waals surface area contributed by atoms with Crippen molar-refractivity contribution >= 4 is 11.7 Å². The highest BCUT2D eigenvalue weighted by atomic mass is 16.6. The van der Waals surface area contributed by atoms with Crippen LogP contribution in [0, 0.1) is 10.1 Å². The monoisotopic (exact) mass is 223 g/mol. The minimum atomic E-state index is -0.510. The highest BCUT2D eigenvalue weighted by Crippen LogP contribution is 2.13. The molecule has 0 bridgehead atoms. The van der Waals surface area contributed by atoms with Crippen molar-refractivity contribution in [2.75, 3.05) is 0 Å². The molecule has 0 amide bonds. The van der Waals surface area contributed by atoms with Gasteiger partial charge < -0.3 is 4.74 Å². The molecule has 1 aromatic rings. The molecule has 0 heterocycles. The van der Waals surface area contributed by atoms with Crippen LogP contribution < -0.4 is 0 Å². The van der Waals surface area contributed by atoms with E-state index in [9.17, 15) is 14.9 Å². The number of benzene rings is 1. The summed E-state index contributed by atoms with van der Waals surface area (Å²) >= 11 is 0. The summed E-state index contributed by atoms with van der Waals surface area (Å²) in [6.45, 7) is 3.71. The van der Waals surface area contributed by atoms with Crippen LogP contribution in [0.2, 0.25) is 0 Å². The van der Waals surface area contributed by atoms with Gasteiger partial charge >= 0.3 is 5.97 Å². The van der Waals surface area contributed by atoms with Crippen LogP contribution in [-0.4, -0.2) is 17.0 Å². The number of non-ortho nitro benzene ring substituents is 1. The molecule has 0 aliphatic carbocycles. The molecule has 0 aliphatic rings. The lowest BCUT2D eigenvalue weighted by atomic mass is 10.2. The maximum atomic E-state index is 11.5. The summed E-state index contributed by atoms with van der Waals surface area (Å²) in [6.07, 6.45) is 0.585. The minimum absolute atomic E-state index is 0.0416. The van der Waals surface area contributed by atoms with Crippen molar-refractivity contribution in [3.8, 4) is 0 Å². The first kappa shape index (κ1) is 12.2. The van der Waals surface area contributed by atoms with Crippen molar-refractivity contribution in [1.29, 1.82) is 0 Å². The smallest absolute Gasteiger partial charge is 0.338 e. The predicted octanol–water partition coefficient (Wildman–Crippen LogP) is 2.55. The van der Waals surface area contributed by atoms with Crippen LogP contribution in [0.15, 0.2) is 24.3 Å². The Morgan fingerprint density at radius 2 is 2.00 bits per heavy atom. The molecule has 1 rings (SSSR count). The first-order chi connectivity index (χ1) is 7.54.